The molecule has 1 aromatic rings. The van der Waals surface area contributed by atoms with Gasteiger partial charge in [0.05, 0.1) is 14.2 Å². The number of ether oxygens (including phenoxy) is 2. The van der Waals surface area contributed by atoms with Gasteiger partial charge < -0.3 is 15.2 Å². The van der Waals surface area contributed by atoms with Crippen LogP contribution < -0.4 is 15.2 Å². The van der Waals surface area contributed by atoms with Crippen molar-refractivity contribution in [3.8, 4) is 11.5 Å². The highest BCUT2D eigenvalue weighted by Crippen LogP contribution is 2.41. The van der Waals surface area contributed by atoms with Gasteiger partial charge >= 0.3 is 0 Å². The molecule has 0 amide bonds. The molecule has 2 unspecified atom stereocenters. The summed E-state index contributed by atoms with van der Waals surface area (Å²) in [5, 5.41) is 0. The minimum absolute atomic E-state index is 0.359. The molecular weight excluding hydrogens is 240 g/mol. The molecule has 0 bridgehead atoms. The molecule has 0 saturated carbocycles. The first-order valence-corrected chi connectivity index (χ1v) is 6.73. The smallest absolute Gasteiger partial charge is 0.126 e. The lowest BCUT2D eigenvalue weighted by Gasteiger charge is -2.23. The Hall–Kier alpha value is -1.26. The van der Waals surface area contributed by atoms with Crippen LogP contribution in [0.1, 0.15) is 23.6 Å². The third-order valence-electron chi connectivity index (χ3n) is 4.04. The zero-order chi connectivity index (χ0) is 14.0. The third kappa shape index (κ3) is 2.69. The number of hydrogen-bond acceptors (Lipinski definition) is 4. The van der Waals surface area contributed by atoms with Crippen LogP contribution in [0, 0.1) is 12.8 Å². The van der Waals surface area contributed by atoms with Crippen LogP contribution in [0.4, 0.5) is 0 Å². The second-order valence-corrected chi connectivity index (χ2v) is 5.36. The van der Waals surface area contributed by atoms with E-state index in [1.165, 1.54) is 5.56 Å². The Morgan fingerprint density at radius 2 is 2.05 bits per heavy atom. The fraction of sp³-hybridized carbons (Fsp3) is 0.600. The maximum absolute atomic E-state index is 5.81. The summed E-state index contributed by atoms with van der Waals surface area (Å²) in [5.41, 5.74) is 8.13. The average molecular weight is 264 g/mol. The van der Waals surface area contributed by atoms with E-state index in [2.05, 4.69) is 24.9 Å². The molecule has 0 aromatic heterocycles. The molecule has 106 valence electrons. The number of benzene rings is 1. The lowest BCUT2D eigenvalue weighted by atomic mass is 9.97. The summed E-state index contributed by atoms with van der Waals surface area (Å²) < 4.78 is 11.0. The molecule has 2 rings (SSSR count). The summed E-state index contributed by atoms with van der Waals surface area (Å²) >= 11 is 0. The first-order valence-electron chi connectivity index (χ1n) is 6.73. The van der Waals surface area contributed by atoms with E-state index in [9.17, 15) is 0 Å². The number of methoxy groups -OCH3 is 2. The molecule has 4 heteroatoms. The van der Waals surface area contributed by atoms with Crippen molar-refractivity contribution in [2.45, 2.75) is 19.4 Å². The first-order chi connectivity index (χ1) is 9.10. The second kappa shape index (κ2) is 5.80. The van der Waals surface area contributed by atoms with E-state index in [1.54, 1.807) is 14.2 Å². The van der Waals surface area contributed by atoms with Crippen molar-refractivity contribution in [1.29, 1.82) is 0 Å². The minimum atomic E-state index is 0.359. The molecule has 0 aliphatic carbocycles. The number of likely N-dealkylation sites (tertiary alicyclic amines) is 1. The summed E-state index contributed by atoms with van der Waals surface area (Å²) in [6.45, 7) is 3.84. The van der Waals surface area contributed by atoms with Gasteiger partial charge in [0.15, 0.2) is 0 Å². The van der Waals surface area contributed by atoms with E-state index >= 15 is 0 Å². The molecule has 0 spiro atoms. The van der Waals surface area contributed by atoms with Crippen molar-refractivity contribution in [2.24, 2.45) is 11.7 Å². The summed E-state index contributed by atoms with van der Waals surface area (Å²) in [5.74, 6) is 2.42. The zero-order valence-corrected chi connectivity index (χ0v) is 12.3. The SMILES string of the molecule is COc1cc(C)c(OC)c(C2CC(CN)CN2C)c1. The van der Waals surface area contributed by atoms with Crippen LogP contribution in [0.3, 0.4) is 0 Å². The van der Waals surface area contributed by atoms with E-state index in [0.717, 1.165) is 36.6 Å². The van der Waals surface area contributed by atoms with Crippen molar-refractivity contribution in [3.05, 3.63) is 23.3 Å². The number of nitrogens with zero attached hydrogens (tertiary/aromatic N) is 1. The van der Waals surface area contributed by atoms with Gasteiger partial charge in [-0.2, -0.15) is 0 Å². The fourth-order valence-corrected chi connectivity index (χ4v) is 3.05. The summed E-state index contributed by atoms with van der Waals surface area (Å²) in [6, 6.07) is 4.46. The number of aryl methyl sites for hydroxylation is 1. The van der Waals surface area contributed by atoms with Crippen LogP contribution in [0.15, 0.2) is 12.1 Å². The molecule has 4 nitrogen and oxygen atoms in total. The first kappa shape index (κ1) is 14.2. The molecule has 1 aromatic carbocycles. The highest BCUT2D eigenvalue weighted by atomic mass is 16.5. The summed E-state index contributed by atoms with van der Waals surface area (Å²) in [6.07, 6.45) is 1.08. The van der Waals surface area contributed by atoms with Gasteiger partial charge in [0.1, 0.15) is 11.5 Å². The van der Waals surface area contributed by atoms with Crippen LogP contribution in [0.5, 0.6) is 11.5 Å². The van der Waals surface area contributed by atoms with E-state index in [-0.39, 0.29) is 0 Å². The highest BCUT2D eigenvalue weighted by Gasteiger charge is 2.32. The monoisotopic (exact) mass is 264 g/mol. The highest BCUT2D eigenvalue weighted by molar-refractivity contribution is 5.48. The van der Waals surface area contributed by atoms with Gasteiger partial charge in [0, 0.05) is 18.2 Å². The van der Waals surface area contributed by atoms with Crippen LogP contribution in [-0.4, -0.2) is 39.3 Å². The fourth-order valence-electron chi connectivity index (χ4n) is 3.05. The second-order valence-electron chi connectivity index (χ2n) is 5.36. The van der Waals surface area contributed by atoms with Crippen molar-refractivity contribution in [3.63, 3.8) is 0 Å². The van der Waals surface area contributed by atoms with Crippen LogP contribution in [0.25, 0.3) is 0 Å². The van der Waals surface area contributed by atoms with Gasteiger partial charge in [-0.05, 0) is 50.6 Å². The Morgan fingerprint density at radius 3 is 2.58 bits per heavy atom. The van der Waals surface area contributed by atoms with E-state index in [1.807, 2.05) is 6.07 Å². The molecule has 0 radical (unpaired) electrons. The molecule has 19 heavy (non-hydrogen) atoms. The molecule has 2 atom stereocenters. The molecule has 1 aliphatic heterocycles. The van der Waals surface area contributed by atoms with Crippen molar-refractivity contribution < 1.29 is 9.47 Å². The van der Waals surface area contributed by atoms with Crippen molar-refractivity contribution in [1.82, 2.24) is 4.90 Å². The van der Waals surface area contributed by atoms with E-state index in [0.29, 0.717) is 12.0 Å². The quantitative estimate of drug-likeness (QED) is 0.903. The van der Waals surface area contributed by atoms with Gasteiger partial charge in [-0.1, -0.05) is 0 Å². The Bertz CT molecular complexity index is 448. The Morgan fingerprint density at radius 1 is 1.32 bits per heavy atom. The molecule has 1 saturated heterocycles. The van der Waals surface area contributed by atoms with Crippen molar-refractivity contribution in [2.75, 3.05) is 34.4 Å². The Balaban J connectivity index is 2.40. The van der Waals surface area contributed by atoms with Gasteiger partial charge in [-0.25, -0.2) is 0 Å². The third-order valence-corrected chi connectivity index (χ3v) is 4.04. The average Bonchev–Trinajstić information content (AvgIpc) is 2.79. The standard InChI is InChI=1S/C15H24N2O2/c1-10-5-12(18-3)7-13(15(10)19-4)14-6-11(8-16)9-17(14)2/h5,7,11,14H,6,8-9,16H2,1-4H3. The predicted octanol–water partition coefficient (Wildman–Crippen LogP) is 1.96. The van der Waals surface area contributed by atoms with Gasteiger partial charge in [0.2, 0.25) is 0 Å². The largest absolute Gasteiger partial charge is 0.497 e. The lowest BCUT2D eigenvalue weighted by molar-refractivity contribution is 0.301. The molecule has 1 fully saturated rings. The number of hydrogen-bond donors (Lipinski definition) is 1. The maximum atomic E-state index is 5.81. The molecule has 2 N–H and O–H groups in total. The topological polar surface area (TPSA) is 47.7 Å². The summed E-state index contributed by atoms with van der Waals surface area (Å²) in [4.78, 5) is 2.36. The maximum Gasteiger partial charge on any atom is 0.126 e. The Labute approximate surface area is 115 Å². The zero-order valence-electron chi connectivity index (χ0n) is 12.3. The summed E-state index contributed by atoms with van der Waals surface area (Å²) in [7, 11) is 5.58. The van der Waals surface area contributed by atoms with E-state index in [4.69, 9.17) is 15.2 Å². The van der Waals surface area contributed by atoms with Gasteiger partial charge in [-0.15, -0.1) is 0 Å². The number of nitrogens with two attached hydrogens (primary N) is 1. The minimum Gasteiger partial charge on any atom is -0.497 e. The normalized spacial score (nSPS) is 23.6. The van der Waals surface area contributed by atoms with Gasteiger partial charge in [-0.3, -0.25) is 4.90 Å². The van der Waals surface area contributed by atoms with Crippen LogP contribution >= 0.6 is 0 Å². The van der Waals surface area contributed by atoms with E-state index < -0.39 is 0 Å². The molecular formula is C15H24N2O2. The van der Waals surface area contributed by atoms with Gasteiger partial charge in [0.25, 0.3) is 0 Å². The lowest BCUT2D eigenvalue weighted by Crippen LogP contribution is -2.21. The predicted molar refractivity (Wildman–Crippen MR) is 76.8 cm³/mol. The van der Waals surface area contributed by atoms with Crippen LogP contribution in [0.2, 0.25) is 0 Å². The Kier molecular flexibility index (Phi) is 4.32. The van der Waals surface area contributed by atoms with Crippen molar-refractivity contribution >= 4 is 0 Å². The number of rotatable bonds is 4. The molecule has 1 aliphatic rings. The van der Waals surface area contributed by atoms with Crippen LogP contribution in [-0.2, 0) is 0 Å². The molecule has 1 heterocycles.